The molecule has 0 aliphatic rings. The number of H-pyrrole nitrogens is 1. The number of rotatable bonds is 4. The lowest BCUT2D eigenvalue weighted by Crippen LogP contribution is -2.15. The van der Waals surface area contributed by atoms with Crippen LogP contribution in [0.3, 0.4) is 0 Å². The zero-order valence-corrected chi connectivity index (χ0v) is 18.4. The molecule has 0 saturated heterocycles. The number of aromatic nitrogens is 6. The van der Waals surface area contributed by atoms with Gasteiger partial charge in [-0.05, 0) is 41.0 Å². The van der Waals surface area contributed by atoms with Gasteiger partial charge in [0.15, 0.2) is 5.82 Å². The summed E-state index contributed by atoms with van der Waals surface area (Å²) in [6, 6.07) is 8.96. The van der Waals surface area contributed by atoms with Crippen LogP contribution in [0.2, 0.25) is 10.0 Å². The second-order valence-electron chi connectivity index (χ2n) is 8.24. The first kappa shape index (κ1) is 21.4. The van der Waals surface area contributed by atoms with Crippen molar-refractivity contribution in [1.29, 1.82) is 0 Å². The molecule has 0 amide bonds. The molecule has 2 aromatic carbocycles. The summed E-state index contributed by atoms with van der Waals surface area (Å²) in [5.74, 6) is -0.400. The van der Waals surface area contributed by atoms with Gasteiger partial charge in [-0.1, -0.05) is 50.0 Å². The molecule has 2 heterocycles. The lowest BCUT2D eigenvalue weighted by Gasteiger charge is -2.20. The largest absolute Gasteiger partial charge is 0.292 e. The van der Waals surface area contributed by atoms with Crippen LogP contribution in [0, 0.1) is 17.0 Å². The van der Waals surface area contributed by atoms with E-state index >= 15 is 4.39 Å². The highest BCUT2D eigenvalue weighted by Crippen LogP contribution is 2.38. The van der Waals surface area contributed by atoms with Crippen molar-refractivity contribution in [1.82, 2.24) is 30.2 Å². The van der Waals surface area contributed by atoms with E-state index in [-0.39, 0.29) is 27.0 Å². The van der Waals surface area contributed by atoms with Gasteiger partial charge in [-0.15, -0.1) is 10.2 Å². The van der Waals surface area contributed by atoms with Gasteiger partial charge >= 0.3 is 0 Å². The summed E-state index contributed by atoms with van der Waals surface area (Å²) < 4.78 is 30.7. The maximum Gasteiger partial charge on any atom is 0.225 e. The van der Waals surface area contributed by atoms with Gasteiger partial charge in [-0.2, -0.15) is 5.21 Å². The monoisotopic (exact) mass is 462 g/mol. The maximum atomic E-state index is 15.2. The molecule has 4 aromatic rings. The van der Waals surface area contributed by atoms with Crippen LogP contribution in [0.25, 0.3) is 28.5 Å². The molecule has 0 radical (unpaired) electrons. The fraction of sp³-hybridized carbons (Fsp3) is 0.238. The zero-order valence-electron chi connectivity index (χ0n) is 16.9. The van der Waals surface area contributed by atoms with Crippen molar-refractivity contribution in [2.75, 3.05) is 0 Å². The molecule has 0 bridgehead atoms. The molecule has 160 valence electrons. The van der Waals surface area contributed by atoms with Crippen LogP contribution in [0.15, 0.2) is 36.4 Å². The van der Waals surface area contributed by atoms with E-state index in [1.165, 1.54) is 18.2 Å². The maximum absolute atomic E-state index is 15.2. The normalized spacial score (nSPS) is 11.8. The molecule has 0 aliphatic heterocycles. The summed E-state index contributed by atoms with van der Waals surface area (Å²) in [6.07, 6.45) is 0.499. The SMILES string of the molecule is CC(C)(C)Cc1nc(-c2nn[nH]n2)c(-c2ccc(F)c(Cl)c2)n1-c1cccc(Cl)c1F. The van der Waals surface area contributed by atoms with E-state index in [1.54, 1.807) is 22.8 Å². The Kier molecular flexibility index (Phi) is 5.53. The Morgan fingerprint density at radius 3 is 2.48 bits per heavy atom. The summed E-state index contributed by atoms with van der Waals surface area (Å²) in [4.78, 5) is 4.74. The van der Waals surface area contributed by atoms with E-state index in [4.69, 9.17) is 28.2 Å². The third-order valence-corrected chi connectivity index (χ3v) is 5.14. The second-order valence-corrected chi connectivity index (χ2v) is 9.05. The molecule has 0 spiro atoms. The Balaban J connectivity index is 2.11. The van der Waals surface area contributed by atoms with Crippen LogP contribution in [-0.2, 0) is 6.42 Å². The molecule has 6 nitrogen and oxygen atoms in total. The van der Waals surface area contributed by atoms with Gasteiger partial charge in [-0.25, -0.2) is 13.8 Å². The van der Waals surface area contributed by atoms with Gasteiger partial charge in [0.2, 0.25) is 5.82 Å². The summed E-state index contributed by atoms with van der Waals surface area (Å²) in [7, 11) is 0. The van der Waals surface area contributed by atoms with Crippen LogP contribution < -0.4 is 0 Å². The Labute approximate surface area is 187 Å². The van der Waals surface area contributed by atoms with Crippen molar-refractivity contribution >= 4 is 23.2 Å². The summed E-state index contributed by atoms with van der Waals surface area (Å²) >= 11 is 12.1. The van der Waals surface area contributed by atoms with Crippen molar-refractivity contribution in [2.24, 2.45) is 5.41 Å². The molecular formula is C21H18Cl2F2N6. The predicted octanol–water partition coefficient (Wildman–Crippen LogP) is 5.89. The van der Waals surface area contributed by atoms with E-state index in [9.17, 15) is 4.39 Å². The zero-order chi connectivity index (χ0) is 22.3. The second kappa shape index (κ2) is 8.01. The average Bonchev–Trinajstić information content (AvgIpc) is 3.33. The highest BCUT2D eigenvalue weighted by molar-refractivity contribution is 6.31. The Bertz CT molecular complexity index is 1250. The first-order valence-electron chi connectivity index (χ1n) is 9.41. The van der Waals surface area contributed by atoms with Crippen LogP contribution in [0.1, 0.15) is 26.6 Å². The number of hydrogen-bond donors (Lipinski definition) is 1. The van der Waals surface area contributed by atoms with E-state index in [2.05, 4.69) is 20.6 Å². The number of tetrazole rings is 1. The highest BCUT2D eigenvalue weighted by atomic mass is 35.5. The van der Waals surface area contributed by atoms with E-state index < -0.39 is 11.6 Å². The molecule has 0 aliphatic carbocycles. The molecule has 2 aromatic heterocycles. The Morgan fingerprint density at radius 2 is 1.84 bits per heavy atom. The fourth-order valence-electron chi connectivity index (χ4n) is 3.31. The van der Waals surface area contributed by atoms with Crippen molar-refractivity contribution in [3.8, 4) is 28.5 Å². The third kappa shape index (κ3) is 4.18. The fourth-order valence-corrected chi connectivity index (χ4v) is 3.66. The molecule has 10 heteroatoms. The molecule has 1 N–H and O–H groups in total. The van der Waals surface area contributed by atoms with Gasteiger partial charge in [0, 0.05) is 12.0 Å². The van der Waals surface area contributed by atoms with E-state index in [1.807, 2.05) is 20.8 Å². The molecule has 0 unspecified atom stereocenters. The average molecular weight is 463 g/mol. The minimum absolute atomic E-state index is 0.0305. The topological polar surface area (TPSA) is 72.3 Å². The quantitative estimate of drug-likeness (QED) is 0.410. The van der Waals surface area contributed by atoms with Crippen molar-refractivity contribution in [3.63, 3.8) is 0 Å². The molecule has 0 atom stereocenters. The van der Waals surface area contributed by atoms with Crippen LogP contribution in [0.4, 0.5) is 8.78 Å². The lowest BCUT2D eigenvalue weighted by molar-refractivity contribution is 0.398. The first-order valence-corrected chi connectivity index (χ1v) is 10.2. The summed E-state index contributed by atoms with van der Waals surface area (Å²) in [5.41, 5.74) is 1.34. The van der Waals surface area contributed by atoms with Crippen molar-refractivity contribution < 1.29 is 8.78 Å². The molecule has 0 fully saturated rings. The predicted molar refractivity (Wildman–Crippen MR) is 115 cm³/mol. The third-order valence-electron chi connectivity index (χ3n) is 4.56. The number of hydrogen-bond acceptors (Lipinski definition) is 4. The summed E-state index contributed by atoms with van der Waals surface area (Å²) in [6.45, 7) is 6.13. The van der Waals surface area contributed by atoms with E-state index in [0.717, 1.165) is 0 Å². The Morgan fingerprint density at radius 1 is 1.06 bits per heavy atom. The molecule has 0 saturated carbocycles. The Hall–Kier alpha value is -2.84. The smallest absolute Gasteiger partial charge is 0.225 e. The summed E-state index contributed by atoms with van der Waals surface area (Å²) in [5, 5.41) is 14.0. The van der Waals surface area contributed by atoms with Gasteiger partial charge in [-0.3, -0.25) is 4.57 Å². The van der Waals surface area contributed by atoms with Gasteiger partial charge < -0.3 is 0 Å². The van der Waals surface area contributed by atoms with Crippen molar-refractivity contribution in [3.05, 3.63) is 63.9 Å². The van der Waals surface area contributed by atoms with Crippen LogP contribution in [-0.4, -0.2) is 30.2 Å². The standard InChI is InChI=1S/C21H18Cl2F2N6/c1-21(2,3)10-16-26-18(20-27-29-30-28-20)19(11-7-8-14(24)13(23)9-11)31(16)15-6-4-5-12(22)17(15)25/h4-9H,10H2,1-3H3,(H,27,28,29,30). The molecule has 4 rings (SSSR count). The highest BCUT2D eigenvalue weighted by Gasteiger charge is 2.28. The minimum atomic E-state index is -0.606. The number of nitrogens with zero attached hydrogens (tertiary/aromatic N) is 5. The lowest BCUT2D eigenvalue weighted by atomic mass is 9.92. The molecule has 31 heavy (non-hydrogen) atoms. The van der Waals surface area contributed by atoms with Gasteiger partial charge in [0.25, 0.3) is 0 Å². The first-order chi connectivity index (χ1) is 14.7. The van der Waals surface area contributed by atoms with Crippen LogP contribution in [0.5, 0.6) is 0 Å². The number of nitrogens with one attached hydrogen (secondary N) is 1. The number of halogens is 4. The number of imidazole rings is 1. The van der Waals surface area contributed by atoms with E-state index in [0.29, 0.717) is 29.2 Å². The number of aromatic amines is 1. The minimum Gasteiger partial charge on any atom is -0.292 e. The van der Waals surface area contributed by atoms with Crippen molar-refractivity contribution in [2.45, 2.75) is 27.2 Å². The van der Waals surface area contributed by atoms with Crippen LogP contribution >= 0.6 is 23.2 Å². The van der Waals surface area contributed by atoms with Gasteiger partial charge in [0.1, 0.15) is 17.3 Å². The molecular weight excluding hydrogens is 445 g/mol. The number of benzene rings is 2. The van der Waals surface area contributed by atoms with Gasteiger partial charge in [0.05, 0.1) is 21.4 Å².